The van der Waals surface area contributed by atoms with E-state index in [4.69, 9.17) is 17.4 Å². The maximum atomic E-state index is 11.3. The Morgan fingerprint density at radius 2 is 1.81 bits per heavy atom. The van der Waals surface area contributed by atoms with Gasteiger partial charge in [-0.3, -0.25) is 5.10 Å². The highest BCUT2D eigenvalue weighted by Gasteiger charge is 2.13. The lowest BCUT2D eigenvalue weighted by Crippen LogP contribution is -2.31. The number of sulfonamides is 1. The number of H-pyrrole nitrogens is 1. The predicted molar refractivity (Wildman–Crippen MR) is 106 cm³/mol. The average Bonchev–Trinajstić information content (AvgIpc) is 3.11. The van der Waals surface area contributed by atoms with Crippen molar-refractivity contribution >= 4 is 38.9 Å². The minimum Gasteiger partial charge on any atom is -0.332 e. The average molecular weight is 387 g/mol. The second kappa shape index (κ2) is 7.24. The SMILES string of the molecule is CN(C(=S)Nc1ccc(S(N)(=O)=O)cc1)c1cc(-c2ccccc2)[nH]n1. The van der Waals surface area contributed by atoms with Crippen molar-refractivity contribution in [3.05, 3.63) is 60.7 Å². The van der Waals surface area contributed by atoms with Gasteiger partial charge in [-0.25, -0.2) is 13.6 Å². The van der Waals surface area contributed by atoms with Gasteiger partial charge in [0.1, 0.15) is 0 Å². The van der Waals surface area contributed by atoms with Crippen LogP contribution in [0.15, 0.2) is 65.6 Å². The smallest absolute Gasteiger partial charge is 0.238 e. The highest BCUT2D eigenvalue weighted by atomic mass is 32.2. The second-order valence-electron chi connectivity index (χ2n) is 5.56. The number of hydrogen-bond donors (Lipinski definition) is 3. The van der Waals surface area contributed by atoms with E-state index < -0.39 is 10.0 Å². The Kier molecular flexibility index (Phi) is 5.03. The van der Waals surface area contributed by atoms with E-state index in [1.54, 1.807) is 24.1 Å². The van der Waals surface area contributed by atoms with Crippen molar-refractivity contribution in [2.75, 3.05) is 17.3 Å². The molecular weight excluding hydrogens is 370 g/mol. The normalized spacial score (nSPS) is 11.2. The molecule has 3 aromatic rings. The number of aromatic nitrogens is 2. The molecule has 1 heterocycles. The van der Waals surface area contributed by atoms with Crippen molar-refractivity contribution in [1.82, 2.24) is 10.2 Å². The van der Waals surface area contributed by atoms with Crippen LogP contribution in [0.2, 0.25) is 0 Å². The molecule has 0 bridgehead atoms. The number of hydrogen-bond acceptors (Lipinski definition) is 4. The Bertz CT molecular complexity index is 1010. The molecule has 0 aliphatic rings. The van der Waals surface area contributed by atoms with Crippen molar-refractivity contribution in [1.29, 1.82) is 0 Å². The van der Waals surface area contributed by atoms with E-state index in [2.05, 4.69) is 15.5 Å². The van der Waals surface area contributed by atoms with Crippen LogP contribution in [0.4, 0.5) is 11.5 Å². The van der Waals surface area contributed by atoms with Gasteiger partial charge in [0, 0.05) is 18.8 Å². The molecule has 4 N–H and O–H groups in total. The number of benzene rings is 2. The molecule has 0 unspecified atom stereocenters. The molecule has 0 atom stereocenters. The first-order chi connectivity index (χ1) is 12.3. The molecule has 1 aromatic heterocycles. The van der Waals surface area contributed by atoms with E-state index in [9.17, 15) is 8.42 Å². The number of nitrogens with zero attached hydrogens (tertiary/aromatic N) is 2. The van der Waals surface area contributed by atoms with Gasteiger partial charge in [0.2, 0.25) is 10.0 Å². The maximum Gasteiger partial charge on any atom is 0.238 e. The summed E-state index contributed by atoms with van der Waals surface area (Å²) >= 11 is 5.39. The number of thiocarbonyl (C=S) groups is 1. The monoisotopic (exact) mass is 387 g/mol. The molecule has 2 aromatic carbocycles. The van der Waals surface area contributed by atoms with E-state index in [0.717, 1.165) is 11.3 Å². The zero-order valence-corrected chi connectivity index (χ0v) is 15.5. The summed E-state index contributed by atoms with van der Waals surface area (Å²) in [6.45, 7) is 0. The van der Waals surface area contributed by atoms with Crippen LogP contribution in [0.5, 0.6) is 0 Å². The van der Waals surface area contributed by atoms with Crippen LogP contribution in [0.25, 0.3) is 11.3 Å². The summed E-state index contributed by atoms with van der Waals surface area (Å²) in [5, 5.41) is 15.8. The number of rotatable bonds is 4. The number of anilines is 2. The van der Waals surface area contributed by atoms with Crippen molar-refractivity contribution in [2.24, 2.45) is 5.14 Å². The molecule has 134 valence electrons. The quantitative estimate of drug-likeness (QED) is 0.595. The molecule has 0 amide bonds. The van der Waals surface area contributed by atoms with Gasteiger partial charge >= 0.3 is 0 Å². The topological polar surface area (TPSA) is 104 Å². The number of nitrogens with one attached hydrogen (secondary N) is 2. The standard InChI is InChI=1S/C17H17N5O2S2/c1-22(16-11-15(20-21-16)12-5-3-2-4-6-12)17(25)19-13-7-9-14(10-8-13)26(18,23)24/h2-11H,1H3,(H,19,25)(H,20,21)(H2,18,23,24). The number of aromatic amines is 1. The molecule has 0 radical (unpaired) electrons. The molecule has 3 rings (SSSR count). The summed E-state index contributed by atoms with van der Waals surface area (Å²) in [6.07, 6.45) is 0. The summed E-state index contributed by atoms with van der Waals surface area (Å²) in [5.41, 5.74) is 2.55. The predicted octanol–water partition coefficient (Wildman–Crippen LogP) is 2.56. The summed E-state index contributed by atoms with van der Waals surface area (Å²) < 4.78 is 22.6. The molecule has 0 aliphatic heterocycles. The third-order valence-corrected chi connectivity index (χ3v) is 5.04. The summed E-state index contributed by atoms with van der Waals surface area (Å²) in [4.78, 5) is 1.76. The van der Waals surface area contributed by atoms with Gasteiger partial charge in [-0.15, -0.1) is 0 Å². The molecule has 0 spiro atoms. The van der Waals surface area contributed by atoms with Gasteiger partial charge in [-0.05, 0) is 42.0 Å². The van der Waals surface area contributed by atoms with E-state index in [-0.39, 0.29) is 4.90 Å². The minimum absolute atomic E-state index is 0.0436. The van der Waals surface area contributed by atoms with Crippen molar-refractivity contribution in [3.8, 4) is 11.3 Å². The molecule has 0 fully saturated rings. The van der Waals surface area contributed by atoms with Crippen LogP contribution >= 0.6 is 12.2 Å². The Labute approximate surface area is 156 Å². The fourth-order valence-electron chi connectivity index (χ4n) is 2.29. The van der Waals surface area contributed by atoms with Crippen LogP contribution < -0.4 is 15.4 Å². The highest BCUT2D eigenvalue weighted by molar-refractivity contribution is 7.89. The molecule has 7 nitrogen and oxygen atoms in total. The van der Waals surface area contributed by atoms with Crippen LogP contribution in [-0.2, 0) is 10.0 Å². The molecule has 0 aliphatic carbocycles. The van der Waals surface area contributed by atoms with E-state index in [1.165, 1.54) is 12.1 Å². The largest absolute Gasteiger partial charge is 0.332 e. The molecule has 0 saturated heterocycles. The lowest BCUT2D eigenvalue weighted by Gasteiger charge is -2.18. The van der Waals surface area contributed by atoms with Crippen LogP contribution in [0.1, 0.15) is 0 Å². The van der Waals surface area contributed by atoms with Gasteiger partial charge < -0.3 is 10.2 Å². The zero-order valence-electron chi connectivity index (χ0n) is 13.9. The first kappa shape index (κ1) is 18.1. The zero-order chi connectivity index (χ0) is 18.7. The van der Waals surface area contributed by atoms with Crippen LogP contribution in [-0.4, -0.2) is 30.8 Å². The van der Waals surface area contributed by atoms with Crippen LogP contribution in [0.3, 0.4) is 0 Å². The molecular formula is C17H17N5O2S2. The summed E-state index contributed by atoms with van der Waals surface area (Å²) in [5.74, 6) is 0.655. The highest BCUT2D eigenvalue weighted by Crippen LogP contribution is 2.21. The third-order valence-electron chi connectivity index (χ3n) is 3.73. The fourth-order valence-corrected chi connectivity index (χ4v) is 3.01. The summed E-state index contributed by atoms with van der Waals surface area (Å²) in [6, 6.07) is 17.8. The Morgan fingerprint density at radius 1 is 1.15 bits per heavy atom. The minimum atomic E-state index is -3.72. The number of primary sulfonamides is 1. The fraction of sp³-hybridized carbons (Fsp3) is 0.0588. The first-order valence-corrected chi connectivity index (χ1v) is 9.58. The Morgan fingerprint density at radius 3 is 2.42 bits per heavy atom. The molecule has 9 heteroatoms. The number of nitrogens with two attached hydrogens (primary N) is 1. The first-order valence-electron chi connectivity index (χ1n) is 7.63. The van der Waals surface area contributed by atoms with Gasteiger partial charge in [-0.2, -0.15) is 5.10 Å². The van der Waals surface area contributed by atoms with Gasteiger partial charge in [0.25, 0.3) is 0 Å². The van der Waals surface area contributed by atoms with E-state index >= 15 is 0 Å². The van der Waals surface area contributed by atoms with Gasteiger partial charge in [-0.1, -0.05) is 30.3 Å². The Hall–Kier alpha value is -2.75. The molecule has 0 saturated carbocycles. The van der Waals surface area contributed by atoms with Crippen molar-refractivity contribution < 1.29 is 8.42 Å². The Balaban J connectivity index is 1.71. The van der Waals surface area contributed by atoms with E-state index in [1.807, 2.05) is 36.4 Å². The van der Waals surface area contributed by atoms with E-state index in [0.29, 0.717) is 16.6 Å². The lowest BCUT2D eigenvalue weighted by atomic mass is 10.1. The maximum absolute atomic E-state index is 11.3. The van der Waals surface area contributed by atoms with Gasteiger partial charge in [0.15, 0.2) is 10.9 Å². The van der Waals surface area contributed by atoms with Crippen LogP contribution in [0, 0.1) is 0 Å². The lowest BCUT2D eigenvalue weighted by molar-refractivity contribution is 0.598. The third kappa shape index (κ3) is 4.07. The van der Waals surface area contributed by atoms with Gasteiger partial charge in [0.05, 0.1) is 10.6 Å². The second-order valence-corrected chi connectivity index (χ2v) is 7.51. The molecule has 26 heavy (non-hydrogen) atoms. The van der Waals surface area contributed by atoms with Crippen molar-refractivity contribution in [3.63, 3.8) is 0 Å². The van der Waals surface area contributed by atoms with Crippen molar-refractivity contribution in [2.45, 2.75) is 4.90 Å². The summed E-state index contributed by atoms with van der Waals surface area (Å²) in [7, 11) is -1.93.